The Bertz CT molecular complexity index is 872. The second kappa shape index (κ2) is 8.45. The molecule has 0 saturated carbocycles. The van der Waals surface area contributed by atoms with E-state index in [2.05, 4.69) is 26.5 Å². The molecule has 2 N–H and O–H groups in total. The number of halogens is 1. The standard InChI is InChI=1S/C21H17BrN2O2/c22-18-11-12-19(25)17(13-18)14-23-24-21(26)20(15-7-3-1-4-8-15)16-9-5-2-6-10-16/h1-14,20,25H,(H,24,26). The molecule has 4 nitrogen and oxygen atoms in total. The Morgan fingerprint density at radius 1 is 0.962 bits per heavy atom. The van der Waals surface area contributed by atoms with E-state index in [-0.39, 0.29) is 11.7 Å². The van der Waals surface area contributed by atoms with Crippen molar-refractivity contribution >= 4 is 28.1 Å². The normalized spacial score (nSPS) is 11.0. The molecule has 0 aliphatic carbocycles. The molecule has 0 unspecified atom stereocenters. The number of nitrogens with one attached hydrogen (secondary N) is 1. The molecule has 0 heterocycles. The summed E-state index contributed by atoms with van der Waals surface area (Å²) in [6.45, 7) is 0. The highest BCUT2D eigenvalue weighted by atomic mass is 79.9. The lowest BCUT2D eigenvalue weighted by Crippen LogP contribution is -2.26. The first-order valence-corrected chi connectivity index (χ1v) is 8.86. The zero-order valence-corrected chi connectivity index (χ0v) is 15.4. The lowest BCUT2D eigenvalue weighted by atomic mass is 9.91. The van der Waals surface area contributed by atoms with Crippen molar-refractivity contribution in [1.82, 2.24) is 5.43 Å². The summed E-state index contributed by atoms with van der Waals surface area (Å²) in [7, 11) is 0. The first-order chi connectivity index (χ1) is 12.6. The lowest BCUT2D eigenvalue weighted by Gasteiger charge is -2.16. The molecular formula is C21H17BrN2O2. The van der Waals surface area contributed by atoms with Gasteiger partial charge in [0.2, 0.25) is 0 Å². The third-order valence-electron chi connectivity index (χ3n) is 3.90. The summed E-state index contributed by atoms with van der Waals surface area (Å²) in [6, 6.07) is 24.1. The maximum Gasteiger partial charge on any atom is 0.252 e. The lowest BCUT2D eigenvalue weighted by molar-refractivity contribution is -0.121. The fourth-order valence-electron chi connectivity index (χ4n) is 2.64. The zero-order chi connectivity index (χ0) is 18.4. The number of amides is 1. The first kappa shape index (κ1) is 17.9. The molecule has 130 valence electrons. The third kappa shape index (κ3) is 4.37. The topological polar surface area (TPSA) is 61.7 Å². The Kier molecular flexibility index (Phi) is 5.81. The number of carbonyl (C=O) groups excluding carboxylic acids is 1. The molecule has 0 atom stereocenters. The molecule has 0 aliphatic rings. The number of nitrogens with zero attached hydrogens (tertiary/aromatic N) is 1. The van der Waals surface area contributed by atoms with Gasteiger partial charge in [0.05, 0.1) is 12.1 Å². The number of carbonyl (C=O) groups is 1. The van der Waals surface area contributed by atoms with Gasteiger partial charge in [-0.15, -0.1) is 0 Å². The highest BCUT2D eigenvalue weighted by Crippen LogP contribution is 2.25. The highest BCUT2D eigenvalue weighted by molar-refractivity contribution is 9.10. The minimum Gasteiger partial charge on any atom is -0.507 e. The number of phenols is 1. The highest BCUT2D eigenvalue weighted by Gasteiger charge is 2.22. The van der Waals surface area contributed by atoms with Gasteiger partial charge in [-0.05, 0) is 29.3 Å². The maximum absolute atomic E-state index is 12.8. The monoisotopic (exact) mass is 408 g/mol. The van der Waals surface area contributed by atoms with Crippen LogP contribution in [0.2, 0.25) is 0 Å². The van der Waals surface area contributed by atoms with Crippen LogP contribution in [0.5, 0.6) is 5.75 Å². The molecule has 0 fully saturated rings. The Hall–Kier alpha value is -2.92. The van der Waals surface area contributed by atoms with E-state index in [1.165, 1.54) is 6.21 Å². The van der Waals surface area contributed by atoms with Crippen LogP contribution in [0.1, 0.15) is 22.6 Å². The van der Waals surface area contributed by atoms with Gasteiger partial charge in [-0.25, -0.2) is 5.43 Å². The van der Waals surface area contributed by atoms with E-state index in [1.54, 1.807) is 18.2 Å². The molecule has 0 spiro atoms. The summed E-state index contributed by atoms with van der Waals surface area (Å²) >= 11 is 3.34. The van der Waals surface area contributed by atoms with E-state index in [4.69, 9.17) is 0 Å². The van der Waals surface area contributed by atoms with Crippen LogP contribution in [-0.2, 0) is 4.79 Å². The Labute approximate surface area is 160 Å². The van der Waals surface area contributed by atoms with Gasteiger partial charge in [0, 0.05) is 10.0 Å². The van der Waals surface area contributed by atoms with Crippen molar-refractivity contribution in [3.05, 3.63) is 100 Å². The SMILES string of the molecule is O=C(NN=Cc1cc(Br)ccc1O)C(c1ccccc1)c1ccccc1. The van der Waals surface area contributed by atoms with Gasteiger partial charge in [0.1, 0.15) is 5.75 Å². The summed E-state index contributed by atoms with van der Waals surface area (Å²) in [4.78, 5) is 12.8. The number of phenolic OH excluding ortho intramolecular Hbond substituents is 1. The number of hydrogen-bond acceptors (Lipinski definition) is 3. The van der Waals surface area contributed by atoms with Gasteiger partial charge in [-0.2, -0.15) is 5.10 Å². The molecule has 0 aliphatic heterocycles. The molecule has 26 heavy (non-hydrogen) atoms. The van der Waals surface area contributed by atoms with Gasteiger partial charge >= 0.3 is 0 Å². The van der Waals surface area contributed by atoms with Gasteiger partial charge in [0.15, 0.2) is 0 Å². The van der Waals surface area contributed by atoms with Gasteiger partial charge in [0.25, 0.3) is 5.91 Å². The summed E-state index contributed by atoms with van der Waals surface area (Å²) in [6.07, 6.45) is 1.42. The summed E-state index contributed by atoms with van der Waals surface area (Å²) < 4.78 is 0.814. The van der Waals surface area contributed by atoms with Crippen LogP contribution in [0.3, 0.4) is 0 Å². The second-order valence-corrected chi connectivity index (χ2v) is 6.61. The maximum atomic E-state index is 12.8. The van der Waals surface area contributed by atoms with Crippen LogP contribution < -0.4 is 5.43 Å². The molecular weight excluding hydrogens is 392 g/mol. The molecule has 0 bridgehead atoms. The van der Waals surface area contributed by atoms with Crippen LogP contribution in [0, 0.1) is 0 Å². The molecule has 1 amide bonds. The van der Waals surface area contributed by atoms with Crippen molar-refractivity contribution in [2.24, 2.45) is 5.10 Å². The van der Waals surface area contributed by atoms with E-state index < -0.39 is 5.92 Å². The van der Waals surface area contributed by atoms with Crippen molar-refractivity contribution in [3.63, 3.8) is 0 Å². The van der Waals surface area contributed by atoms with Crippen LogP contribution in [0.4, 0.5) is 0 Å². The van der Waals surface area contributed by atoms with Crippen molar-refractivity contribution in [1.29, 1.82) is 0 Å². The number of rotatable bonds is 5. The molecule has 0 saturated heterocycles. The fraction of sp³-hybridized carbons (Fsp3) is 0.0476. The Morgan fingerprint density at radius 3 is 2.12 bits per heavy atom. The van der Waals surface area contributed by atoms with Crippen LogP contribution in [0.25, 0.3) is 0 Å². The summed E-state index contributed by atoms with van der Waals surface area (Å²) in [5, 5.41) is 13.9. The molecule has 3 aromatic rings. The Morgan fingerprint density at radius 2 is 1.54 bits per heavy atom. The number of aromatic hydroxyl groups is 1. The van der Waals surface area contributed by atoms with Crippen molar-refractivity contribution in [2.75, 3.05) is 0 Å². The summed E-state index contributed by atoms with van der Waals surface area (Å²) in [5.41, 5.74) is 4.86. The fourth-order valence-corrected chi connectivity index (χ4v) is 3.02. The van der Waals surface area contributed by atoms with Gasteiger partial charge in [-0.3, -0.25) is 4.79 Å². The predicted octanol–water partition coefficient (Wildman–Crippen LogP) is 4.44. The van der Waals surface area contributed by atoms with Crippen molar-refractivity contribution in [3.8, 4) is 5.75 Å². The molecule has 0 radical (unpaired) electrons. The van der Waals surface area contributed by atoms with Crippen molar-refractivity contribution in [2.45, 2.75) is 5.92 Å². The average molecular weight is 409 g/mol. The molecule has 5 heteroatoms. The van der Waals surface area contributed by atoms with E-state index >= 15 is 0 Å². The molecule has 0 aromatic heterocycles. The van der Waals surface area contributed by atoms with E-state index in [0.717, 1.165) is 15.6 Å². The molecule has 3 rings (SSSR count). The quantitative estimate of drug-likeness (QED) is 0.484. The van der Waals surface area contributed by atoms with Gasteiger partial charge < -0.3 is 5.11 Å². The van der Waals surface area contributed by atoms with Crippen LogP contribution in [0.15, 0.2) is 88.4 Å². The molecule has 3 aromatic carbocycles. The van der Waals surface area contributed by atoms with Gasteiger partial charge in [-0.1, -0.05) is 76.6 Å². The largest absolute Gasteiger partial charge is 0.507 e. The van der Waals surface area contributed by atoms with Crippen LogP contribution >= 0.6 is 15.9 Å². The van der Waals surface area contributed by atoms with E-state index in [1.807, 2.05) is 60.7 Å². The van der Waals surface area contributed by atoms with E-state index in [0.29, 0.717) is 5.56 Å². The van der Waals surface area contributed by atoms with Crippen LogP contribution in [-0.4, -0.2) is 17.2 Å². The number of benzene rings is 3. The average Bonchev–Trinajstić information content (AvgIpc) is 2.66. The second-order valence-electron chi connectivity index (χ2n) is 5.69. The van der Waals surface area contributed by atoms with E-state index in [9.17, 15) is 9.90 Å². The smallest absolute Gasteiger partial charge is 0.252 e. The Balaban J connectivity index is 1.82. The zero-order valence-electron chi connectivity index (χ0n) is 13.8. The van der Waals surface area contributed by atoms with Crippen molar-refractivity contribution < 1.29 is 9.90 Å². The predicted molar refractivity (Wildman–Crippen MR) is 106 cm³/mol. The minimum atomic E-state index is -0.467. The minimum absolute atomic E-state index is 0.0915. The number of hydrogen-bond donors (Lipinski definition) is 2. The number of hydrazone groups is 1. The summed E-state index contributed by atoms with van der Waals surface area (Å²) in [5.74, 6) is -0.618. The first-order valence-electron chi connectivity index (χ1n) is 8.06. The third-order valence-corrected chi connectivity index (χ3v) is 4.39.